The van der Waals surface area contributed by atoms with E-state index in [2.05, 4.69) is 48.3 Å². The maximum absolute atomic E-state index is 11.5. The van der Waals surface area contributed by atoms with Gasteiger partial charge in [0.05, 0.1) is 12.7 Å². The fourth-order valence-corrected chi connectivity index (χ4v) is 2.10. The van der Waals surface area contributed by atoms with Gasteiger partial charge in [-0.2, -0.15) is 0 Å². The van der Waals surface area contributed by atoms with Crippen molar-refractivity contribution in [3.05, 3.63) is 33.3 Å². The quantitative estimate of drug-likeness (QED) is 0.398. The van der Waals surface area contributed by atoms with Crippen molar-refractivity contribution in [3.63, 3.8) is 0 Å². The summed E-state index contributed by atoms with van der Waals surface area (Å²) in [5.41, 5.74) is 2.20. The van der Waals surface area contributed by atoms with Gasteiger partial charge in [-0.05, 0) is 38.8 Å². The Bertz CT molecular complexity index is 477. The summed E-state index contributed by atoms with van der Waals surface area (Å²) in [7, 11) is 2.77. The summed E-state index contributed by atoms with van der Waals surface area (Å²) in [6.07, 6.45) is 0. The molecule has 0 heterocycles. The summed E-state index contributed by atoms with van der Waals surface area (Å²) in [5, 5.41) is 2.88. The molecule has 0 saturated carbocycles. The molecule has 0 aliphatic heterocycles. The minimum absolute atomic E-state index is 0.344. The van der Waals surface area contributed by atoms with Crippen LogP contribution in [0.1, 0.15) is 21.5 Å². The third kappa shape index (κ3) is 3.40. The van der Waals surface area contributed by atoms with Crippen molar-refractivity contribution < 1.29 is 9.53 Å². The van der Waals surface area contributed by atoms with Gasteiger partial charge in [-0.25, -0.2) is 4.79 Å². The van der Waals surface area contributed by atoms with Crippen molar-refractivity contribution in [3.8, 4) is 11.2 Å². The first-order valence-corrected chi connectivity index (χ1v) is 8.42. The molecule has 0 N–H and O–H groups in total. The van der Waals surface area contributed by atoms with Gasteiger partial charge in [0.1, 0.15) is 0 Å². The second-order valence-corrected chi connectivity index (χ2v) is 5.46. The predicted molar refractivity (Wildman–Crippen MR) is 78.7 cm³/mol. The molecule has 0 unspecified atom stereocenters. The number of methoxy groups -OCH3 is 1. The van der Waals surface area contributed by atoms with Crippen LogP contribution >= 0.6 is 46.1 Å². The molecule has 1 aromatic rings. The lowest BCUT2D eigenvalue weighted by molar-refractivity contribution is 0.0600. The van der Waals surface area contributed by atoms with E-state index in [-0.39, 0.29) is 5.97 Å². The number of carbonyl (C=O) groups is 1. The zero-order valence-electron chi connectivity index (χ0n) is 8.64. The van der Waals surface area contributed by atoms with E-state index in [9.17, 15) is 4.79 Å². The lowest BCUT2D eigenvalue weighted by Gasteiger charge is -2.06. The Morgan fingerprint density at radius 3 is 2.81 bits per heavy atom. The van der Waals surface area contributed by atoms with E-state index >= 15 is 0 Å². The molecule has 0 spiro atoms. The maximum atomic E-state index is 11.5. The zero-order valence-corrected chi connectivity index (χ0v) is 13.2. The van der Waals surface area contributed by atoms with Crippen LogP contribution in [0, 0.1) is 18.1 Å². The van der Waals surface area contributed by atoms with Crippen LogP contribution in [-0.4, -0.2) is 13.1 Å². The van der Waals surface area contributed by atoms with Crippen LogP contribution in [0.4, 0.5) is 0 Å². The number of ether oxygens (including phenoxy) is 1. The van der Waals surface area contributed by atoms with Gasteiger partial charge in [0, 0.05) is 31.2 Å². The summed E-state index contributed by atoms with van der Waals surface area (Å²) in [5.74, 6) is 2.61. The fraction of sp³-hybridized carbons (Fsp3) is 0.182. The third-order valence-electron chi connectivity index (χ3n) is 1.98. The van der Waals surface area contributed by atoms with E-state index in [0.29, 0.717) is 5.56 Å². The average molecular weight is 411 g/mol. The van der Waals surface area contributed by atoms with Crippen molar-refractivity contribution >= 4 is 52.0 Å². The fourth-order valence-electron chi connectivity index (χ4n) is 1.15. The Labute approximate surface area is 119 Å². The molecule has 1 rings (SSSR count). The highest BCUT2D eigenvalue weighted by Crippen LogP contribution is 2.23. The van der Waals surface area contributed by atoms with Crippen LogP contribution in [0.3, 0.4) is 0 Å². The normalized spacial score (nSPS) is 9.25. The molecule has 5 heteroatoms. The van der Waals surface area contributed by atoms with E-state index in [0.717, 1.165) is 15.6 Å². The van der Waals surface area contributed by atoms with E-state index < -0.39 is 0 Å². The molecule has 16 heavy (non-hydrogen) atoms. The summed E-state index contributed by atoms with van der Waals surface area (Å²) < 4.78 is 5.58. The van der Waals surface area contributed by atoms with Crippen molar-refractivity contribution in [2.75, 3.05) is 7.11 Å². The smallest absolute Gasteiger partial charge is 0.338 e. The van der Waals surface area contributed by atoms with Crippen LogP contribution in [0.5, 0.6) is 0 Å². The van der Waals surface area contributed by atoms with Crippen LogP contribution in [0.15, 0.2) is 16.6 Å². The van der Waals surface area contributed by atoms with Crippen LogP contribution in [0.25, 0.3) is 0 Å². The van der Waals surface area contributed by atoms with Crippen LogP contribution in [-0.2, 0) is 4.74 Å². The molecule has 0 aliphatic rings. The number of esters is 1. The summed E-state index contributed by atoms with van der Waals surface area (Å²) >= 11 is 5.50. The number of rotatable bonds is 1. The van der Waals surface area contributed by atoms with Gasteiger partial charge >= 0.3 is 5.97 Å². The molecular weight excluding hydrogens is 403 g/mol. The SMILES string of the molecule is COC(=O)c1cc(C#CSI)cc(Br)c1C. The number of carbonyl (C=O) groups excluding carboxylic acids is 1. The Hall–Kier alpha value is -0.190. The lowest BCUT2D eigenvalue weighted by Crippen LogP contribution is -2.04. The molecule has 1 aromatic carbocycles. The number of hydrogen-bond acceptors (Lipinski definition) is 3. The van der Waals surface area contributed by atoms with E-state index in [1.54, 1.807) is 6.07 Å². The second kappa shape index (κ2) is 6.52. The van der Waals surface area contributed by atoms with Crippen LogP contribution in [0.2, 0.25) is 0 Å². The highest BCUT2D eigenvalue weighted by atomic mass is 127. The molecule has 84 valence electrons. The van der Waals surface area contributed by atoms with E-state index in [4.69, 9.17) is 4.74 Å². The van der Waals surface area contributed by atoms with Crippen molar-refractivity contribution in [2.24, 2.45) is 0 Å². The van der Waals surface area contributed by atoms with Gasteiger partial charge in [0.25, 0.3) is 0 Å². The average Bonchev–Trinajstić information content (AvgIpc) is 2.29. The monoisotopic (exact) mass is 410 g/mol. The molecule has 0 atom stereocenters. The largest absolute Gasteiger partial charge is 0.465 e. The Morgan fingerprint density at radius 1 is 1.56 bits per heavy atom. The molecule has 0 aliphatic carbocycles. The van der Waals surface area contributed by atoms with Gasteiger partial charge < -0.3 is 4.74 Å². The Morgan fingerprint density at radius 2 is 2.25 bits per heavy atom. The molecule has 0 bridgehead atoms. The highest BCUT2D eigenvalue weighted by molar-refractivity contribution is 14.2. The lowest BCUT2D eigenvalue weighted by atomic mass is 10.1. The minimum Gasteiger partial charge on any atom is -0.465 e. The van der Waals surface area contributed by atoms with E-state index in [1.807, 2.05) is 13.0 Å². The second-order valence-electron chi connectivity index (χ2n) is 2.93. The third-order valence-corrected chi connectivity index (χ3v) is 3.65. The first-order chi connectivity index (χ1) is 7.60. The van der Waals surface area contributed by atoms with Crippen molar-refractivity contribution in [1.29, 1.82) is 0 Å². The molecule has 0 saturated heterocycles. The maximum Gasteiger partial charge on any atom is 0.338 e. The van der Waals surface area contributed by atoms with Gasteiger partial charge in [0.2, 0.25) is 0 Å². The zero-order chi connectivity index (χ0) is 12.1. The first-order valence-electron chi connectivity index (χ1n) is 4.27. The molecule has 2 nitrogen and oxygen atoms in total. The molecule has 0 fully saturated rings. The van der Waals surface area contributed by atoms with Crippen molar-refractivity contribution in [2.45, 2.75) is 6.92 Å². The van der Waals surface area contributed by atoms with Gasteiger partial charge in [-0.3, -0.25) is 0 Å². The predicted octanol–water partition coefficient (Wildman–Crippen LogP) is 3.94. The highest BCUT2D eigenvalue weighted by Gasteiger charge is 2.12. The van der Waals surface area contributed by atoms with Crippen molar-refractivity contribution in [1.82, 2.24) is 0 Å². The summed E-state index contributed by atoms with van der Waals surface area (Å²) in [4.78, 5) is 11.5. The summed E-state index contributed by atoms with van der Waals surface area (Å²) in [6, 6.07) is 3.63. The topological polar surface area (TPSA) is 26.3 Å². The molecule has 0 aromatic heterocycles. The number of halogens is 2. The minimum atomic E-state index is -0.344. The molecule has 0 radical (unpaired) electrons. The summed E-state index contributed by atoms with van der Waals surface area (Å²) in [6.45, 7) is 1.86. The molecular formula is C11H8BrIO2S. The number of benzene rings is 1. The standard InChI is InChI=1S/C11H8BrIO2S/c1-7-9(11(14)15-2)5-8(3-4-16-13)6-10(7)12/h5-6H,1-2H3. The van der Waals surface area contributed by atoms with E-state index in [1.165, 1.54) is 16.0 Å². The Kier molecular flexibility index (Phi) is 5.66. The van der Waals surface area contributed by atoms with Gasteiger partial charge in [0.15, 0.2) is 0 Å². The number of hydrogen-bond donors (Lipinski definition) is 0. The molecule has 0 amide bonds. The Balaban J connectivity index is 3.27. The van der Waals surface area contributed by atoms with Crippen LogP contribution < -0.4 is 0 Å². The van der Waals surface area contributed by atoms with Gasteiger partial charge in [-0.1, -0.05) is 21.9 Å². The first kappa shape index (κ1) is 13.9. The van der Waals surface area contributed by atoms with Gasteiger partial charge in [-0.15, -0.1) is 0 Å².